The molecule has 0 aromatic heterocycles. The first-order chi connectivity index (χ1) is 8.38. The van der Waals surface area contributed by atoms with E-state index in [1.54, 1.807) is 0 Å². The van der Waals surface area contributed by atoms with Gasteiger partial charge in [0.2, 0.25) is 0 Å². The van der Waals surface area contributed by atoms with Crippen molar-refractivity contribution in [2.45, 2.75) is 43.7 Å². The summed E-state index contributed by atoms with van der Waals surface area (Å²) in [5.41, 5.74) is 1.39. The van der Waals surface area contributed by atoms with Crippen molar-refractivity contribution in [2.24, 2.45) is 0 Å². The highest BCUT2D eigenvalue weighted by molar-refractivity contribution is 7.99. The molecule has 1 aromatic rings. The Kier molecular flexibility index (Phi) is 4.97. The van der Waals surface area contributed by atoms with E-state index < -0.39 is 0 Å². The van der Waals surface area contributed by atoms with Crippen LogP contribution in [0.25, 0.3) is 0 Å². The molecule has 0 heterocycles. The molecule has 0 spiro atoms. The van der Waals surface area contributed by atoms with Crippen LogP contribution in [-0.4, -0.2) is 11.8 Å². The van der Waals surface area contributed by atoms with Gasteiger partial charge in [-0.2, -0.15) is 0 Å². The standard InChI is InChI=1S/C15H19NS/c1-2-3-4-10-17-15-7-5-6-13(11-15)12-16-14-8-9-14/h5-7,11,14,16H,4,8-10,12H2,1H3. The summed E-state index contributed by atoms with van der Waals surface area (Å²) in [6, 6.07) is 9.61. The molecule has 17 heavy (non-hydrogen) atoms. The second kappa shape index (κ2) is 6.74. The zero-order valence-corrected chi connectivity index (χ0v) is 11.1. The summed E-state index contributed by atoms with van der Waals surface area (Å²) in [5.74, 6) is 7.11. The van der Waals surface area contributed by atoms with Crippen molar-refractivity contribution in [1.29, 1.82) is 0 Å². The maximum atomic E-state index is 3.54. The minimum atomic E-state index is 0.783. The van der Waals surface area contributed by atoms with E-state index in [2.05, 4.69) is 41.4 Å². The van der Waals surface area contributed by atoms with Crippen LogP contribution in [0.4, 0.5) is 0 Å². The number of benzene rings is 1. The number of thioether (sulfide) groups is 1. The van der Waals surface area contributed by atoms with E-state index in [0.29, 0.717) is 0 Å². The van der Waals surface area contributed by atoms with Gasteiger partial charge >= 0.3 is 0 Å². The van der Waals surface area contributed by atoms with Crippen LogP contribution < -0.4 is 5.32 Å². The highest BCUT2D eigenvalue weighted by Gasteiger charge is 2.19. The summed E-state index contributed by atoms with van der Waals surface area (Å²) in [4.78, 5) is 1.36. The fraction of sp³-hybridized carbons (Fsp3) is 0.467. The van der Waals surface area contributed by atoms with E-state index in [4.69, 9.17) is 0 Å². The number of nitrogens with one attached hydrogen (secondary N) is 1. The lowest BCUT2D eigenvalue weighted by Crippen LogP contribution is -2.15. The molecule has 1 saturated carbocycles. The summed E-state index contributed by atoms with van der Waals surface area (Å²) < 4.78 is 0. The lowest BCUT2D eigenvalue weighted by Gasteiger charge is -2.05. The molecular weight excluding hydrogens is 226 g/mol. The second-order valence-electron chi connectivity index (χ2n) is 4.33. The van der Waals surface area contributed by atoms with Crippen molar-refractivity contribution in [3.05, 3.63) is 29.8 Å². The number of hydrogen-bond acceptors (Lipinski definition) is 2. The van der Waals surface area contributed by atoms with Crippen LogP contribution in [0.5, 0.6) is 0 Å². The third-order valence-electron chi connectivity index (χ3n) is 2.74. The van der Waals surface area contributed by atoms with Crippen molar-refractivity contribution in [3.63, 3.8) is 0 Å². The largest absolute Gasteiger partial charge is 0.310 e. The highest BCUT2D eigenvalue weighted by Crippen LogP contribution is 2.22. The van der Waals surface area contributed by atoms with Gasteiger partial charge < -0.3 is 5.32 Å². The van der Waals surface area contributed by atoms with Gasteiger partial charge in [0, 0.05) is 29.7 Å². The highest BCUT2D eigenvalue weighted by atomic mass is 32.2. The number of rotatable bonds is 6. The fourth-order valence-electron chi connectivity index (χ4n) is 1.64. The number of hydrogen-bond donors (Lipinski definition) is 1. The first kappa shape index (κ1) is 12.5. The SMILES string of the molecule is CC#CCCSc1cccc(CNC2CC2)c1. The molecule has 0 unspecified atom stereocenters. The smallest absolute Gasteiger partial charge is 0.0208 e. The van der Waals surface area contributed by atoms with Crippen molar-refractivity contribution < 1.29 is 0 Å². The molecule has 1 aliphatic carbocycles. The minimum absolute atomic E-state index is 0.783. The maximum absolute atomic E-state index is 3.54. The first-order valence-electron chi connectivity index (χ1n) is 6.23. The van der Waals surface area contributed by atoms with Crippen LogP contribution in [0.2, 0.25) is 0 Å². The van der Waals surface area contributed by atoms with Crippen LogP contribution in [0.1, 0.15) is 31.7 Å². The molecule has 1 aromatic carbocycles. The zero-order valence-electron chi connectivity index (χ0n) is 10.3. The molecule has 2 rings (SSSR count). The van der Waals surface area contributed by atoms with Crippen molar-refractivity contribution >= 4 is 11.8 Å². The van der Waals surface area contributed by atoms with Gasteiger partial charge in [0.15, 0.2) is 0 Å². The van der Waals surface area contributed by atoms with Crippen LogP contribution in [-0.2, 0) is 6.54 Å². The third-order valence-corrected chi connectivity index (χ3v) is 3.74. The van der Waals surface area contributed by atoms with Gasteiger partial charge in [-0.25, -0.2) is 0 Å². The van der Waals surface area contributed by atoms with E-state index in [0.717, 1.165) is 24.8 Å². The predicted molar refractivity (Wildman–Crippen MR) is 75.1 cm³/mol. The molecule has 90 valence electrons. The molecular formula is C15H19NS. The van der Waals surface area contributed by atoms with Crippen molar-refractivity contribution in [1.82, 2.24) is 5.32 Å². The van der Waals surface area contributed by atoms with Gasteiger partial charge in [-0.3, -0.25) is 0 Å². The summed E-state index contributed by atoms with van der Waals surface area (Å²) in [6.07, 6.45) is 3.68. The molecule has 1 nitrogen and oxygen atoms in total. The predicted octanol–water partition coefficient (Wildman–Crippen LogP) is 3.44. The second-order valence-corrected chi connectivity index (χ2v) is 5.50. The third kappa shape index (κ3) is 4.85. The van der Waals surface area contributed by atoms with Gasteiger partial charge in [0.05, 0.1) is 0 Å². The van der Waals surface area contributed by atoms with E-state index >= 15 is 0 Å². The summed E-state index contributed by atoms with van der Waals surface area (Å²) >= 11 is 1.89. The van der Waals surface area contributed by atoms with E-state index in [1.165, 1.54) is 23.3 Å². The average Bonchev–Trinajstić information content (AvgIpc) is 3.17. The van der Waals surface area contributed by atoms with Gasteiger partial charge in [-0.1, -0.05) is 12.1 Å². The summed E-state index contributed by atoms with van der Waals surface area (Å²) in [6.45, 7) is 2.91. The molecule has 0 amide bonds. The van der Waals surface area contributed by atoms with Gasteiger partial charge in [-0.15, -0.1) is 23.6 Å². The molecule has 0 atom stereocenters. The van der Waals surface area contributed by atoms with Gasteiger partial charge in [0.25, 0.3) is 0 Å². The van der Waals surface area contributed by atoms with E-state index in [9.17, 15) is 0 Å². The summed E-state index contributed by atoms with van der Waals surface area (Å²) in [7, 11) is 0. The van der Waals surface area contributed by atoms with Gasteiger partial charge in [0.1, 0.15) is 0 Å². The molecule has 0 radical (unpaired) electrons. The normalized spacial score (nSPS) is 14.2. The monoisotopic (exact) mass is 245 g/mol. The van der Waals surface area contributed by atoms with Crippen LogP contribution >= 0.6 is 11.8 Å². The van der Waals surface area contributed by atoms with Crippen LogP contribution in [0.15, 0.2) is 29.2 Å². The molecule has 0 saturated heterocycles. The maximum Gasteiger partial charge on any atom is 0.0208 e. The lowest BCUT2D eigenvalue weighted by atomic mass is 10.2. The summed E-state index contributed by atoms with van der Waals surface area (Å²) in [5, 5.41) is 3.54. The fourth-order valence-corrected chi connectivity index (χ4v) is 2.49. The van der Waals surface area contributed by atoms with Crippen LogP contribution in [0.3, 0.4) is 0 Å². The Balaban J connectivity index is 1.79. The molecule has 1 aliphatic rings. The van der Waals surface area contributed by atoms with Crippen molar-refractivity contribution in [3.8, 4) is 11.8 Å². The minimum Gasteiger partial charge on any atom is -0.310 e. The lowest BCUT2D eigenvalue weighted by molar-refractivity contribution is 0.687. The zero-order chi connectivity index (χ0) is 11.9. The Bertz CT molecular complexity index is 412. The quantitative estimate of drug-likeness (QED) is 0.468. The molecule has 0 bridgehead atoms. The Morgan fingerprint density at radius 2 is 2.29 bits per heavy atom. The Hall–Kier alpha value is -0.910. The van der Waals surface area contributed by atoms with E-state index in [-0.39, 0.29) is 0 Å². The Labute approximate surface area is 108 Å². The molecule has 1 fully saturated rings. The van der Waals surface area contributed by atoms with Gasteiger partial charge in [-0.05, 0) is 37.5 Å². The van der Waals surface area contributed by atoms with Crippen molar-refractivity contribution in [2.75, 3.05) is 5.75 Å². The molecule has 2 heteroatoms. The first-order valence-corrected chi connectivity index (χ1v) is 7.22. The van der Waals surface area contributed by atoms with Crippen LogP contribution in [0, 0.1) is 11.8 Å². The molecule has 1 N–H and O–H groups in total. The molecule has 0 aliphatic heterocycles. The Morgan fingerprint density at radius 3 is 3.06 bits per heavy atom. The average molecular weight is 245 g/mol. The van der Waals surface area contributed by atoms with E-state index in [1.807, 2.05) is 18.7 Å². The Morgan fingerprint density at radius 1 is 1.41 bits per heavy atom. The topological polar surface area (TPSA) is 12.0 Å².